The Hall–Kier alpha value is -1.16. The third kappa shape index (κ3) is 2.89. The van der Waals surface area contributed by atoms with Crippen LogP contribution < -0.4 is 5.73 Å². The lowest BCUT2D eigenvalue weighted by molar-refractivity contribution is -0.122. The Morgan fingerprint density at radius 1 is 1.60 bits per heavy atom. The van der Waals surface area contributed by atoms with E-state index in [0.717, 1.165) is 17.8 Å². The quantitative estimate of drug-likeness (QED) is 0.799. The van der Waals surface area contributed by atoms with Crippen LogP contribution in [0, 0.1) is 0 Å². The molecule has 2 N–H and O–H groups in total. The molecule has 0 aliphatic carbocycles. The molecule has 0 saturated carbocycles. The van der Waals surface area contributed by atoms with Crippen molar-refractivity contribution in [2.24, 2.45) is 12.8 Å². The molecule has 4 nitrogen and oxygen atoms in total. The number of nitrogens with zero attached hydrogens (tertiary/aromatic N) is 2. The maximum Gasteiger partial charge on any atom is 0.157 e. The summed E-state index contributed by atoms with van der Waals surface area (Å²) in [5, 5.41) is 4.29. The smallest absolute Gasteiger partial charge is 0.157 e. The van der Waals surface area contributed by atoms with Gasteiger partial charge in [0.2, 0.25) is 0 Å². The van der Waals surface area contributed by atoms with Crippen LogP contribution >= 0.6 is 0 Å². The monoisotopic (exact) mass is 209 g/mol. The number of rotatable bonds is 4. The van der Waals surface area contributed by atoms with Crippen molar-refractivity contribution in [2.75, 3.05) is 0 Å². The highest BCUT2D eigenvalue weighted by Crippen LogP contribution is 2.09. The fraction of sp³-hybridized carbons (Fsp3) is 0.636. The summed E-state index contributed by atoms with van der Waals surface area (Å²) < 4.78 is 1.75. The number of carbonyl (C=O) groups is 1. The zero-order valence-corrected chi connectivity index (χ0v) is 9.87. The molecule has 0 spiro atoms. The van der Waals surface area contributed by atoms with Crippen LogP contribution in [0.25, 0.3) is 0 Å². The van der Waals surface area contributed by atoms with Gasteiger partial charge in [-0.25, -0.2) is 0 Å². The molecule has 0 atom stereocenters. The predicted molar refractivity (Wildman–Crippen MR) is 59.6 cm³/mol. The zero-order valence-electron chi connectivity index (χ0n) is 9.87. The average Bonchev–Trinajstić information content (AvgIpc) is 2.45. The fourth-order valence-corrected chi connectivity index (χ4v) is 1.30. The first kappa shape index (κ1) is 11.9. The summed E-state index contributed by atoms with van der Waals surface area (Å²) in [6, 6.07) is 1.96. The topological polar surface area (TPSA) is 60.9 Å². The first-order valence-electron chi connectivity index (χ1n) is 5.18. The number of hydrogen-bond donors (Lipinski definition) is 1. The Morgan fingerprint density at radius 2 is 2.20 bits per heavy atom. The Kier molecular flexibility index (Phi) is 3.29. The van der Waals surface area contributed by atoms with Gasteiger partial charge >= 0.3 is 0 Å². The highest BCUT2D eigenvalue weighted by atomic mass is 16.1. The van der Waals surface area contributed by atoms with Crippen LogP contribution in [0.1, 0.15) is 32.2 Å². The van der Waals surface area contributed by atoms with Gasteiger partial charge in [0.15, 0.2) is 5.78 Å². The summed E-state index contributed by atoms with van der Waals surface area (Å²) in [6.45, 7) is 5.50. The molecule has 0 bridgehead atoms. The predicted octanol–water partition coefficient (Wildman–Crippen LogP) is 0.831. The van der Waals surface area contributed by atoms with E-state index in [1.54, 1.807) is 18.5 Å². The standard InChI is InChI=1S/C11H19N3O/c1-5-8-6-9(14(4)13-8)7-10(15)11(2,3)12/h6H,5,7,12H2,1-4H3. The third-order valence-corrected chi connectivity index (χ3v) is 2.45. The van der Waals surface area contributed by atoms with Crippen molar-refractivity contribution >= 4 is 5.78 Å². The molecule has 4 heteroatoms. The SMILES string of the molecule is CCc1cc(CC(=O)C(C)(C)N)n(C)n1. The van der Waals surface area contributed by atoms with Crippen LogP contribution in [0.4, 0.5) is 0 Å². The van der Waals surface area contributed by atoms with Crippen LogP contribution in [-0.4, -0.2) is 21.1 Å². The Bertz CT molecular complexity index is 360. The van der Waals surface area contributed by atoms with E-state index in [1.807, 2.05) is 20.0 Å². The molecular formula is C11H19N3O. The second-order valence-corrected chi connectivity index (χ2v) is 4.43. The molecule has 0 fully saturated rings. The normalized spacial score (nSPS) is 11.8. The van der Waals surface area contributed by atoms with Crippen molar-refractivity contribution in [3.63, 3.8) is 0 Å². The largest absolute Gasteiger partial charge is 0.319 e. The minimum atomic E-state index is -0.767. The highest BCUT2D eigenvalue weighted by Gasteiger charge is 2.23. The number of aromatic nitrogens is 2. The fourth-order valence-electron chi connectivity index (χ4n) is 1.30. The summed E-state index contributed by atoms with van der Waals surface area (Å²) in [4.78, 5) is 11.7. The van der Waals surface area contributed by atoms with Gasteiger partial charge in [-0.05, 0) is 26.3 Å². The number of carbonyl (C=O) groups excluding carboxylic acids is 1. The minimum Gasteiger partial charge on any atom is -0.319 e. The van der Waals surface area contributed by atoms with Crippen LogP contribution in [-0.2, 0) is 24.7 Å². The lowest BCUT2D eigenvalue weighted by atomic mass is 9.97. The van der Waals surface area contributed by atoms with Gasteiger partial charge in [-0.3, -0.25) is 9.48 Å². The van der Waals surface area contributed by atoms with E-state index < -0.39 is 5.54 Å². The van der Waals surface area contributed by atoms with Crippen molar-refractivity contribution < 1.29 is 4.79 Å². The third-order valence-electron chi connectivity index (χ3n) is 2.45. The van der Waals surface area contributed by atoms with Crippen LogP contribution in [0.5, 0.6) is 0 Å². The van der Waals surface area contributed by atoms with Gasteiger partial charge in [-0.2, -0.15) is 5.10 Å². The molecular weight excluding hydrogens is 190 g/mol. The van der Waals surface area contributed by atoms with E-state index in [4.69, 9.17) is 5.73 Å². The number of Topliss-reactive ketones (excluding diaryl/α,β-unsaturated/α-hetero) is 1. The van der Waals surface area contributed by atoms with Crippen molar-refractivity contribution in [1.82, 2.24) is 9.78 Å². The van der Waals surface area contributed by atoms with Crippen molar-refractivity contribution in [1.29, 1.82) is 0 Å². The van der Waals surface area contributed by atoms with Crippen molar-refractivity contribution in [3.05, 3.63) is 17.5 Å². The number of hydrogen-bond acceptors (Lipinski definition) is 3. The van der Waals surface area contributed by atoms with Gasteiger partial charge in [0.1, 0.15) is 0 Å². The molecule has 1 aromatic heterocycles. The highest BCUT2D eigenvalue weighted by molar-refractivity contribution is 5.88. The zero-order chi connectivity index (χ0) is 11.6. The van der Waals surface area contributed by atoms with Crippen LogP contribution in [0.2, 0.25) is 0 Å². The maximum absolute atomic E-state index is 11.7. The Balaban J connectivity index is 2.81. The molecule has 0 saturated heterocycles. The summed E-state index contributed by atoms with van der Waals surface area (Å²) in [7, 11) is 1.85. The summed E-state index contributed by atoms with van der Waals surface area (Å²) in [5.74, 6) is 0.0353. The van der Waals surface area contributed by atoms with Gasteiger partial charge in [-0.1, -0.05) is 6.92 Å². The second kappa shape index (κ2) is 4.14. The molecule has 0 amide bonds. The minimum absolute atomic E-state index is 0.0353. The van der Waals surface area contributed by atoms with E-state index in [2.05, 4.69) is 5.10 Å². The van der Waals surface area contributed by atoms with Gasteiger partial charge < -0.3 is 5.73 Å². The van der Waals surface area contributed by atoms with E-state index in [9.17, 15) is 4.79 Å². The number of nitrogens with two attached hydrogens (primary N) is 1. The van der Waals surface area contributed by atoms with E-state index in [0.29, 0.717) is 6.42 Å². The molecule has 1 aromatic rings. The van der Waals surface area contributed by atoms with E-state index in [1.165, 1.54) is 0 Å². The van der Waals surface area contributed by atoms with Crippen molar-refractivity contribution in [2.45, 2.75) is 39.2 Å². The van der Waals surface area contributed by atoms with Crippen LogP contribution in [0.3, 0.4) is 0 Å². The van der Waals surface area contributed by atoms with Crippen LogP contribution in [0.15, 0.2) is 6.07 Å². The molecule has 0 aliphatic heterocycles. The molecule has 0 unspecified atom stereocenters. The van der Waals surface area contributed by atoms with Gasteiger partial charge in [0, 0.05) is 12.7 Å². The van der Waals surface area contributed by atoms with E-state index >= 15 is 0 Å². The molecule has 0 aliphatic rings. The van der Waals surface area contributed by atoms with E-state index in [-0.39, 0.29) is 5.78 Å². The molecule has 15 heavy (non-hydrogen) atoms. The Morgan fingerprint density at radius 3 is 2.60 bits per heavy atom. The first-order chi connectivity index (χ1) is 6.84. The molecule has 1 rings (SSSR count). The van der Waals surface area contributed by atoms with Gasteiger partial charge in [0.05, 0.1) is 17.7 Å². The average molecular weight is 209 g/mol. The van der Waals surface area contributed by atoms with Gasteiger partial charge in [-0.15, -0.1) is 0 Å². The molecule has 0 radical (unpaired) electrons. The molecule has 84 valence electrons. The maximum atomic E-state index is 11.7. The summed E-state index contributed by atoms with van der Waals surface area (Å²) >= 11 is 0. The summed E-state index contributed by atoms with van der Waals surface area (Å²) in [6.07, 6.45) is 1.24. The second-order valence-electron chi connectivity index (χ2n) is 4.43. The number of ketones is 1. The lowest BCUT2D eigenvalue weighted by Gasteiger charge is -2.16. The first-order valence-corrected chi connectivity index (χ1v) is 5.18. The molecule has 0 aromatic carbocycles. The summed E-state index contributed by atoms with van der Waals surface area (Å²) in [5.41, 5.74) is 6.91. The Labute approximate surface area is 90.5 Å². The van der Waals surface area contributed by atoms with Gasteiger partial charge in [0.25, 0.3) is 0 Å². The van der Waals surface area contributed by atoms with Crippen molar-refractivity contribution in [3.8, 4) is 0 Å². The lowest BCUT2D eigenvalue weighted by Crippen LogP contribution is -2.42. The number of aryl methyl sites for hydroxylation is 2. The molecule has 1 heterocycles.